The summed E-state index contributed by atoms with van der Waals surface area (Å²) in [7, 11) is 1.37. The Kier molecular flexibility index (Phi) is 9.61. The van der Waals surface area contributed by atoms with Crippen LogP contribution in [0.5, 0.6) is 0 Å². The third-order valence-corrected chi connectivity index (χ3v) is 5.24. The van der Waals surface area contributed by atoms with Crippen LogP contribution in [0.4, 0.5) is 18.9 Å². The topological polar surface area (TPSA) is 121 Å². The number of oxime groups is 1. The Labute approximate surface area is 184 Å². The monoisotopic (exact) mass is 554 g/mol. The molecule has 0 aliphatic carbocycles. The molecule has 0 spiro atoms. The third kappa shape index (κ3) is 6.86. The second-order valence-electron chi connectivity index (χ2n) is 5.62. The van der Waals surface area contributed by atoms with Gasteiger partial charge in [-0.2, -0.15) is 0 Å². The van der Waals surface area contributed by atoms with Gasteiger partial charge in [0.2, 0.25) is 0 Å². The van der Waals surface area contributed by atoms with Gasteiger partial charge in [-0.25, -0.2) is 18.7 Å². The molecule has 0 unspecified atom stereocenters. The second-order valence-corrected chi connectivity index (χ2v) is 7.68. The fourth-order valence-corrected chi connectivity index (χ4v) is 3.51. The Hall–Kier alpha value is -2.78. The van der Waals surface area contributed by atoms with Crippen molar-refractivity contribution < 1.29 is 37.5 Å². The minimum atomic E-state index is -1.48. The summed E-state index contributed by atoms with van der Waals surface area (Å²) in [5.41, 5.74) is 0.281. The zero-order valence-electron chi connectivity index (χ0n) is 16.0. The second kappa shape index (κ2) is 12.2. The number of anilines is 1. The zero-order chi connectivity index (χ0) is 22.8. The SMILES string of the molecule is CNC(=O)CO/N=C/c1cc(C(=O)NOCCO)c(NC2=C(F)C=IC=C2)c(F)c1F. The molecule has 2 amide bonds. The van der Waals surface area contributed by atoms with Crippen LogP contribution in [0.3, 0.4) is 0 Å². The smallest absolute Gasteiger partial charge is 0.277 e. The number of allylic oxidation sites excluding steroid dienone is 2. The van der Waals surface area contributed by atoms with E-state index in [-0.39, 0.29) is 12.3 Å². The molecule has 13 heteroatoms. The summed E-state index contributed by atoms with van der Waals surface area (Å²) in [4.78, 5) is 32.9. The molecule has 168 valence electrons. The Balaban J connectivity index is 2.40. The van der Waals surface area contributed by atoms with Crippen molar-refractivity contribution in [2.45, 2.75) is 0 Å². The standard InChI is InChI=1S/C18H18F3IN4O5/c1-23-14(28)9-31-24-8-10-6-11(18(29)26-30-5-4-27)17(16(21)15(10)20)25-13-2-3-22-7-12(13)19/h2-3,6-8,25,27H,4-5,9H2,1H3,(H,23,28)(H,26,29)/b24-8+. The van der Waals surface area contributed by atoms with E-state index in [4.69, 9.17) is 9.94 Å². The van der Waals surface area contributed by atoms with E-state index in [9.17, 15) is 22.8 Å². The first kappa shape index (κ1) is 24.5. The van der Waals surface area contributed by atoms with Crippen molar-refractivity contribution in [3.8, 4) is 0 Å². The Morgan fingerprint density at radius 1 is 1.29 bits per heavy atom. The number of hydrogen-bond acceptors (Lipinski definition) is 7. The molecular weight excluding hydrogens is 536 g/mol. The molecule has 2 rings (SSSR count). The first-order valence-electron chi connectivity index (χ1n) is 8.58. The zero-order valence-corrected chi connectivity index (χ0v) is 18.2. The largest absolute Gasteiger partial charge is 0.394 e. The van der Waals surface area contributed by atoms with E-state index in [0.29, 0.717) is 0 Å². The quantitative estimate of drug-likeness (QED) is 0.151. The lowest BCUT2D eigenvalue weighted by Crippen LogP contribution is -2.27. The van der Waals surface area contributed by atoms with Crippen LogP contribution >= 0.6 is 20.7 Å². The van der Waals surface area contributed by atoms with Crippen molar-refractivity contribution in [2.24, 2.45) is 5.16 Å². The molecule has 0 bridgehead atoms. The minimum Gasteiger partial charge on any atom is -0.394 e. The number of aliphatic hydroxyl groups excluding tert-OH is 1. The van der Waals surface area contributed by atoms with E-state index in [1.54, 1.807) is 4.08 Å². The first-order chi connectivity index (χ1) is 14.9. The number of nitrogens with one attached hydrogen (secondary N) is 3. The highest BCUT2D eigenvalue weighted by atomic mass is 127. The molecule has 1 heterocycles. The van der Waals surface area contributed by atoms with Crippen molar-refractivity contribution in [3.05, 3.63) is 50.5 Å². The first-order valence-corrected chi connectivity index (χ1v) is 11.1. The van der Waals surface area contributed by atoms with Crippen LogP contribution in [0, 0.1) is 11.6 Å². The van der Waals surface area contributed by atoms with Gasteiger partial charge in [-0.05, 0) is 16.2 Å². The molecule has 0 saturated carbocycles. The number of carbonyl (C=O) groups is 2. The van der Waals surface area contributed by atoms with Crippen molar-refractivity contribution in [3.63, 3.8) is 0 Å². The minimum absolute atomic E-state index is 0.148. The van der Waals surface area contributed by atoms with Gasteiger partial charge in [-0.15, -0.1) is 0 Å². The summed E-state index contributed by atoms with van der Waals surface area (Å²) < 4.78 is 46.4. The average Bonchev–Trinajstić information content (AvgIpc) is 2.76. The van der Waals surface area contributed by atoms with Gasteiger partial charge in [-0.3, -0.25) is 14.4 Å². The molecule has 0 aromatic heterocycles. The Bertz CT molecular complexity index is 966. The molecule has 1 aliphatic rings. The van der Waals surface area contributed by atoms with Gasteiger partial charge < -0.3 is 20.6 Å². The molecule has 1 aromatic rings. The predicted octanol–water partition coefficient (Wildman–Crippen LogP) is 1.61. The lowest BCUT2D eigenvalue weighted by atomic mass is 10.1. The summed E-state index contributed by atoms with van der Waals surface area (Å²) in [6, 6.07) is 0.937. The maximum absolute atomic E-state index is 14.8. The summed E-state index contributed by atoms with van der Waals surface area (Å²) in [5, 5.41) is 16.8. The lowest BCUT2D eigenvalue weighted by molar-refractivity contribution is -0.125. The lowest BCUT2D eigenvalue weighted by Gasteiger charge is -2.16. The molecule has 0 saturated heterocycles. The van der Waals surface area contributed by atoms with Gasteiger partial charge in [0, 0.05) is 16.6 Å². The van der Waals surface area contributed by atoms with Crippen molar-refractivity contribution >= 4 is 48.5 Å². The maximum atomic E-state index is 14.8. The number of rotatable bonds is 10. The number of likely N-dealkylation sites (N-methyl/N-ethyl adjacent to an activating group) is 1. The van der Waals surface area contributed by atoms with Crippen LogP contribution in [0.2, 0.25) is 0 Å². The number of hydroxylamine groups is 1. The molecule has 31 heavy (non-hydrogen) atoms. The van der Waals surface area contributed by atoms with Crippen LogP contribution in [0.1, 0.15) is 15.9 Å². The normalized spacial score (nSPS) is 13.2. The number of hydrogen-bond donors (Lipinski definition) is 4. The van der Waals surface area contributed by atoms with Crippen molar-refractivity contribution in [2.75, 3.05) is 32.2 Å². The summed E-state index contributed by atoms with van der Waals surface area (Å²) in [5.74, 6) is -5.02. The van der Waals surface area contributed by atoms with E-state index in [0.717, 1.165) is 12.3 Å². The van der Waals surface area contributed by atoms with Crippen LogP contribution in [-0.2, 0) is 14.5 Å². The molecule has 0 fully saturated rings. The van der Waals surface area contributed by atoms with Crippen LogP contribution in [-0.4, -0.2) is 54.0 Å². The molecular formula is C18H18F3IN4O5. The number of aliphatic hydroxyl groups is 1. The molecule has 9 nitrogen and oxygen atoms in total. The van der Waals surface area contributed by atoms with E-state index in [1.807, 2.05) is 5.48 Å². The fourth-order valence-electron chi connectivity index (χ4n) is 2.09. The highest BCUT2D eigenvalue weighted by molar-refractivity contribution is 14.2. The number of amides is 2. The maximum Gasteiger partial charge on any atom is 0.277 e. The van der Waals surface area contributed by atoms with Gasteiger partial charge in [0.15, 0.2) is 24.1 Å². The van der Waals surface area contributed by atoms with Crippen LogP contribution in [0.25, 0.3) is 0 Å². The number of benzene rings is 1. The van der Waals surface area contributed by atoms with Crippen molar-refractivity contribution in [1.29, 1.82) is 0 Å². The molecule has 1 aliphatic heterocycles. The van der Waals surface area contributed by atoms with Crippen molar-refractivity contribution in [1.82, 2.24) is 10.8 Å². The summed E-state index contributed by atoms with van der Waals surface area (Å²) in [6.45, 7) is -1.11. The molecule has 0 atom stereocenters. The van der Waals surface area contributed by atoms with Gasteiger partial charge >= 0.3 is 0 Å². The number of nitrogens with zero attached hydrogens (tertiary/aromatic N) is 1. The average molecular weight is 554 g/mol. The number of carbonyl (C=O) groups excluding carboxylic acids is 2. The third-order valence-electron chi connectivity index (χ3n) is 3.56. The molecule has 0 radical (unpaired) electrons. The van der Waals surface area contributed by atoms with E-state index in [1.165, 1.54) is 17.1 Å². The highest BCUT2D eigenvalue weighted by Gasteiger charge is 2.24. The predicted molar refractivity (Wildman–Crippen MR) is 115 cm³/mol. The van der Waals surface area contributed by atoms with Gasteiger partial charge in [0.25, 0.3) is 11.8 Å². The number of halogens is 4. The summed E-state index contributed by atoms with van der Waals surface area (Å²) >= 11 is -0.624. The van der Waals surface area contributed by atoms with Crippen LogP contribution < -0.4 is 16.1 Å². The summed E-state index contributed by atoms with van der Waals surface area (Å²) in [6.07, 6.45) is 2.14. The van der Waals surface area contributed by atoms with E-state index < -0.39 is 80.0 Å². The Morgan fingerprint density at radius 2 is 2.06 bits per heavy atom. The van der Waals surface area contributed by atoms with E-state index in [2.05, 4.69) is 20.6 Å². The Morgan fingerprint density at radius 3 is 2.74 bits per heavy atom. The van der Waals surface area contributed by atoms with Gasteiger partial charge in [-0.1, -0.05) is 25.9 Å². The van der Waals surface area contributed by atoms with E-state index >= 15 is 0 Å². The highest BCUT2D eigenvalue weighted by Crippen LogP contribution is 2.29. The molecule has 4 N–H and O–H groups in total. The van der Waals surface area contributed by atoms with Gasteiger partial charge in [0.05, 0.1) is 36.4 Å². The fraction of sp³-hybridized carbons (Fsp3) is 0.222. The molecule has 1 aromatic carbocycles. The van der Waals surface area contributed by atoms with Crippen LogP contribution in [0.15, 0.2) is 32.9 Å². The van der Waals surface area contributed by atoms with Gasteiger partial charge in [0.1, 0.15) is 0 Å².